The third-order valence-electron chi connectivity index (χ3n) is 1.58. The molecular weight excluding hydrogens is 125 g/mol. The average molecular weight is 137 g/mol. The molecule has 1 heterocycles. The molecule has 1 aromatic heterocycles. The number of hydrogen-bond acceptors (Lipinski definition) is 0. The standard InChI is InChI=1S/C5H6N.2CH3.Al/c1-6-4-2-3-5-6;;;/h2-4H,1H3;2*1H3;. The Morgan fingerprint density at radius 1 is 1.44 bits per heavy atom. The lowest BCUT2D eigenvalue weighted by Gasteiger charge is -2.00. The molecule has 0 amide bonds. The first-order valence-corrected chi connectivity index (χ1v) is 6.21. The minimum absolute atomic E-state index is 0.556. The minimum Gasteiger partial charge on any atom is -0.371 e. The third kappa shape index (κ3) is 1.38. The van der Waals surface area contributed by atoms with Gasteiger partial charge in [0.05, 0.1) is 0 Å². The molecule has 48 valence electrons. The van der Waals surface area contributed by atoms with Crippen LogP contribution < -0.4 is 4.56 Å². The molecule has 0 aliphatic carbocycles. The summed E-state index contributed by atoms with van der Waals surface area (Å²) in [5.74, 6) is 4.69. The summed E-state index contributed by atoms with van der Waals surface area (Å²) in [5, 5.41) is 0. The highest BCUT2D eigenvalue weighted by Crippen LogP contribution is 1.86. The summed E-state index contributed by atoms with van der Waals surface area (Å²) in [6, 6.07) is 4.33. The summed E-state index contributed by atoms with van der Waals surface area (Å²) in [7, 11) is 2.11. The quantitative estimate of drug-likeness (QED) is 0.508. The topological polar surface area (TPSA) is 4.93 Å². The summed E-state index contributed by atoms with van der Waals surface area (Å²) in [6.45, 7) is 0. The van der Waals surface area contributed by atoms with Crippen molar-refractivity contribution < 1.29 is 0 Å². The highest BCUT2D eigenvalue weighted by molar-refractivity contribution is 6.70. The Kier molecular flexibility index (Phi) is 2.00. The molecule has 0 N–H and O–H groups in total. The summed E-state index contributed by atoms with van der Waals surface area (Å²) in [6.07, 6.45) is 2.11. The maximum absolute atomic E-state index is 2.34. The lowest BCUT2D eigenvalue weighted by Crippen LogP contribution is -2.28. The molecule has 0 aliphatic rings. The Morgan fingerprint density at radius 3 is 2.33 bits per heavy atom. The number of hydrogen-bond donors (Lipinski definition) is 0. The van der Waals surface area contributed by atoms with E-state index in [1.807, 2.05) is 0 Å². The first kappa shape index (κ1) is 6.93. The summed E-state index contributed by atoms with van der Waals surface area (Å²) >= 11 is -0.556. The second kappa shape index (κ2) is 2.60. The van der Waals surface area contributed by atoms with E-state index in [9.17, 15) is 0 Å². The molecule has 0 aromatic carbocycles. The van der Waals surface area contributed by atoms with Crippen molar-refractivity contribution in [1.82, 2.24) is 4.57 Å². The zero-order valence-corrected chi connectivity index (χ0v) is 7.41. The SMILES string of the molecule is Cn1ccc[c]1[Al]([CH3])[CH3]. The van der Waals surface area contributed by atoms with Gasteiger partial charge in [-0.3, -0.25) is 0 Å². The van der Waals surface area contributed by atoms with Crippen molar-refractivity contribution in [2.75, 3.05) is 0 Å². The average Bonchev–Trinajstić information content (AvgIpc) is 2.13. The highest BCUT2D eigenvalue weighted by atomic mass is 27.2. The second-order valence-electron chi connectivity index (χ2n) is 2.70. The molecule has 0 spiro atoms. The van der Waals surface area contributed by atoms with E-state index in [1.165, 1.54) is 4.56 Å². The fraction of sp³-hybridized carbons (Fsp3) is 0.429. The zero-order valence-electron chi connectivity index (χ0n) is 6.26. The van der Waals surface area contributed by atoms with Crippen LogP contribution in [0, 0.1) is 0 Å². The van der Waals surface area contributed by atoms with Gasteiger partial charge in [-0.25, -0.2) is 0 Å². The molecule has 1 rings (SSSR count). The van der Waals surface area contributed by atoms with Gasteiger partial charge >= 0.3 is 14.1 Å². The normalized spacial score (nSPS) is 9.67. The van der Waals surface area contributed by atoms with Gasteiger partial charge in [0.25, 0.3) is 0 Å². The fourth-order valence-electron chi connectivity index (χ4n) is 1.07. The molecule has 0 radical (unpaired) electrons. The van der Waals surface area contributed by atoms with E-state index in [0.717, 1.165) is 0 Å². The molecule has 2 heteroatoms. The van der Waals surface area contributed by atoms with Crippen LogP contribution >= 0.6 is 0 Å². The van der Waals surface area contributed by atoms with E-state index in [-0.39, 0.29) is 0 Å². The van der Waals surface area contributed by atoms with Crippen molar-refractivity contribution in [1.29, 1.82) is 0 Å². The Balaban J connectivity index is 2.94. The molecular formula is C7H12AlN. The molecule has 0 unspecified atom stereocenters. The first-order chi connectivity index (χ1) is 4.22. The van der Waals surface area contributed by atoms with Crippen molar-refractivity contribution in [2.24, 2.45) is 7.05 Å². The van der Waals surface area contributed by atoms with E-state index >= 15 is 0 Å². The number of aryl methyl sites for hydroxylation is 1. The fourth-order valence-corrected chi connectivity index (χ4v) is 2.47. The van der Waals surface area contributed by atoms with Gasteiger partial charge in [0.2, 0.25) is 0 Å². The minimum atomic E-state index is -0.556. The number of rotatable bonds is 1. The lowest BCUT2D eigenvalue weighted by atomic mass is 10.7. The number of nitrogens with zero attached hydrogens (tertiary/aromatic N) is 1. The van der Waals surface area contributed by atoms with Gasteiger partial charge in [0, 0.05) is 13.2 Å². The molecule has 0 atom stereocenters. The molecule has 0 aliphatic heterocycles. The Labute approximate surface area is 60.7 Å². The van der Waals surface area contributed by atoms with Crippen LogP contribution in [0.5, 0.6) is 0 Å². The number of aromatic nitrogens is 1. The van der Waals surface area contributed by atoms with E-state index < -0.39 is 14.1 Å². The van der Waals surface area contributed by atoms with Crippen molar-refractivity contribution in [3.05, 3.63) is 18.3 Å². The van der Waals surface area contributed by atoms with Crippen molar-refractivity contribution in [3.8, 4) is 0 Å². The van der Waals surface area contributed by atoms with Crippen LogP contribution in [-0.2, 0) is 7.05 Å². The van der Waals surface area contributed by atoms with E-state index in [2.05, 4.69) is 41.5 Å². The molecule has 0 bridgehead atoms. The van der Waals surface area contributed by atoms with E-state index in [0.29, 0.717) is 0 Å². The van der Waals surface area contributed by atoms with Crippen molar-refractivity contribution in [2.45, 2.75) is 11.6 Å². The van der Waals surface area contributed by atoms with Gasteiger partial charge in [-0.15, -0.1) is 11.6 Å². The highest BCUT2D eigenvalue weighted by Gasteiger charge is 2.07. The van der Waals surface area contributed by atoms with Crippen LogP contribution in [0.1, 0.15) is 0 Å². The van der Waals surface area contributed by atoms with Crippen molar-refractivity contribution in [3.63, 3.8) is 0 Å². The van der Waals surface area contributed by atoms with Gasteiger partial charge in [0.15, 0.2) is 0 Å². The maximum Gasteiger partial charge on any atom is 0.326 e. The maximum atomic E-state index is 2.34. The predicted molar refractivity (Wildman–Crippen MR) is 42.5 cm³/mol. The Bertz CT molecular complexity index is 191. The van der Waals surface area contributed by atoms with E-state index in [1.54, 1.807) is 0 Å². The largest absolute Gasteiger partial charge is 0.371 e. The Hall–Kier alpha value is -0.188. The van der Waals surface area contributed by atoms with Gasteiger partial charge in [-0.1, -0.05) is 10.6 Å². The molecule has 9 heavy (non-hydrogen) atoms. The van der Waals surface area contributed by atoms with Gasteiger partial charge in [-0.05, 0) is 6.07 Å². The molecule has 0 saturated heterocycles. The summed E-state index contributed by atoms with van der Waals surface area (Å²) < 4.78 is 3.76. The smallest absolute Gasteiger partial charge is 0.326 e. The monoisotopic (exact) mass is 137 g/mol. The Morgan fingerprint density at radius 2 is 2.11 bits per heavy atom. The summed E-state index contributed by atoms with van der Waals surface area (Å²) in [4.78, 5) is 0. The van der Waals surface area contributed by atoms with Crippen LogP contribution in [0.15, 0.2) is 18.3 Å². The first-order valence-electron chi connectivity index (χ1n) is 3.33. The van der Waals surface area contributed by atoms with E-state index in [4.69, 9.17) is 0 Å². The van der Waals surface area contributed by atoms with Crippen LogP contribution in [0.25, 0.3) is 0 Å². The van der Waals surface area contributed by atoms with Gasteiger partial charge in [0.1, 0.15) is 0 Å². The summed E-state index contributed by atoms with van der Waals surface area (Å²) in [5.41, 5.74) is 0. The van der Waals surface area contributed by atoms with Crippen LogP contribution in [-0.4, -0.2) is 18.7 Å². The zero-order chi connectivity index (χ0) is 6.85. The van der Waals surface area contributed by atoms with Crippen LogP contribution in [0.2, 0.25) is 11.6 Å². The van der Waals surface area contributed by atoms with Gasteiger partial charge < -0.3 is 4.57 Å². The predicted octanol–water partition coefficient (Wildman–Crippen LogP) is 0.986. The molecule has 0 saturated carbocycles. The molecule has 1 aromatic rings. The molecule has 1 nitrogen and oxygen atoms in total. The van der Waals surface area contributed by atoms with Crippen LogP contribution in [0.4, 0.5) is 0 Å². The van der Waals surface area contributed by atoms with Crippen molar-refractivity contribution >= 4 is 18.7 Å². The second-order valence-corrected chi connectivity index (χ2v) is 5.60. The molecule has 0 fully saturated rings. The van der Waals surface area contributed by atoms with Crippen LogP contribution in [0.3, 0.4) is 0 Å². The lowest BCUT2D eigenvalue weighted by molar-refractivity contribution is 0.955. The third-order valence-corrected chi connectivity index (χ3v) is 3.36. The van der Waals surface area contributed by atoms with Gasteiger partial charge in [-0.2, -0.15) is 0 Å².